The number of allylic oxidation sites excluding steroid dienone is 1. The third-order valence-corrected chi connectivity index (χ3v) is 2.48. The van der Waals surface area contributed by atoms with E-state index in [0.717, 1.165) is 11.1 Å². The molecule has 1 aromatic heterocycles. The van der Waals surface area contributed by atoms with E-state index in [0.29, 0.717) is 5.57 Å². The van der Waals surface area contributed by atoms with Crippen molar-refractivity contribution in [3.05, 3.63) is 65.5 Å². The van der Waals surface area contributed by atoms with Crippen molar-refractivity contribution in [2.24, 2.45) is 0 Å². The lowest BCUT2D eigenvalue weighted by atomic mass is 10.1. The zero-order chi connectivity index (χ0) is 12.1. The van der Waals surface area contributed by atoms with Gasteiger partial charge in [0.25, 0.3) is 0 Å². The Morgan fingerprint density at radius 2 is 2.00 bits per heavy atom. The predicted molar refractivity (Wildman–Crippen MR) is 68.9 cm³/mol. The molecule has 2 rings (SSSR count). The molecule has 0 fully saturated rings. The fourth-order valence-corrected chi connectivity index (χ4v) is 1.53. The number of aromatic nitrogens is 1. The second-order valence-electron chi connectivity index (χ2n) is 3.82. The summed E-state index contributed by atoms with van der Waals surface area (Å²) < 4.78 is 0. The minimum Gasteiger partial charge on any atom is -0.264 e. The highest BCUT2D eigenvalue weighted by molar-refractivity contribution is 5.89. The highest BCUT2D eigenvalue weighted by Gasteiger charge is 2.00. The molecular weight excluding hydrogens is 208 g/mol. The minimum absolute atomic E-state index is 0.627. The lowest BCUT2D eigenvalue weighted by molar-refractivity contribution is 1.31. The second kappa shape index (κ2) is 5.09. The van der Waals surface area contributed by atoms with Gasteiger partial charge in [-0.3, -0.25) is 4.98 Å². The van der Waals surface area contributed by atoms with Crippen LogP contribution >= 0.6 is 0 Å². The van der Waals surface area contributed by atoms with Crippen LogP contribution in [-0.2, 0) is 0 Å². The first-order chi connectivity index (χ1) is 8.29. The normalized spacial score (nSPS) is 10.9. The van der Waals surface area contributed by atoms with Gasteiger partial charge in [0, 0.05) is 18.0 Å². The Morgan fingerprint density at radius 3 is 2.59 bits per heavy atom. The van der Waals surface area contributed by atoms with Gasteiger partial charge >= 0.3 is 0 Å². The van der Waals surface area contributed by atoms with Gasteiger partial charge in [-0.1, -0.05) is 35.9 Å². The monoisotopic (exact) mass is 220 g/mol. The maximum Gasteiger partial charge on any atom is 0.0998 e. The van der Waals surface area contributed by atoms with E-state index in [4.69, 9.17) is 5.26 Å². The molecule has 0 radical (unpaired) electrons. The molecule has 0 saturated heterocycles. The van der Waals surface area contributed by atoms with Crippen LogP contribution in [0.5, 0.6) is 0 Å². The maximum atomic E-state index is 9.15. The molecule has 0 amide bonds. The van der Waals surface area contributed by atoms with E-state index in [1.54, 1.807) is 12.4 Å². The van der Waals surface area contributed by atoms with Gasteiger partial charge in [0.2, 0.25) is 0 Å². The minimum atomic E-state index is 0.627. The van der Waals surface area contributed by atoms with Crippen molar-refractivity contribution in [3.8, 4) is 6.07 Å². The maximum absolute atomic E-state index is 9.15. The number of rotatable bonds is 2. The number of nitriles is 1. The van der Waals surface area contributed by atoms with E-state index < -0.39 is 0 Å². The van der Waals surface area contributed by atoms with Crippen LogP contribution in [0.3, 0.4) is 0 Å². The topological polar surface area (TPSA) is 36.7 Å². The van der Waals surface area contributed by atoms with E-state index in [-0.39, 0.29) is 0 Å². The standard InChI is InChI=1S/C15H12N2/c1-12-4-6-13(7-5-12)9-15(10-16)14-3-2-8-17-11-14/h2-9,11H,1H3/b15-9+. The zero-order valence-electron chi connectivity index (χ0n) is 9.59. The molecule has 0 spiro atoms. The molecule has 0 N–H and O–H groups in total. The molecule has 1 aromatic carbocycles. The fraction of sp³-hybridized carbons (Fsp3) is 0.0667. The van der Waals surface area contributed by atoms with Crippen LogP contribution in [0.15, 0.2) is 48.8 Å². The zero-order valence-corrected chi connectivity index (χ0v) is 9.59. The van der Waals surface area contributed by atoms with Crippen LogP contribution in [0.25, 0.3) is 11.6 Å². The van der Waals surface area contributed by atoms with E-state index in [1.807, 2.05) is 49.4 Å². The van der Waals surface area contributed by atoms with Gasteiger partial charge in [-0.25, -0.2) is 0 Å². The Balaban J connectivity index is 2.37. The Morgan fingerprint density at radius 1 is 1.24 bits per heavy atom. The van der Waals surface area contributed by atoms with Gasteiger partial charge in [-0.15, -0.1) is 0 Å². The predicted octanol–water partition coefficient (Wildman–Crippen LogP) is 3.45. The van der Waals surface area contributed by atoms with E-state index >= 15 is 0 Å². The number of pyridine rings is 1. The van der Waals surface area contributed by atoms with Crippen molar-refractivity contribution in [2.75, 3.05) is 0 Å². The van der Waals surface area contributed by atoms with Gasteiger partial charge in [0.15, 0.2) is 0 Å². The van der Waals surface area contributed by atoms with Crippen LogP contribution in [-0.4, -0.2) is 4.98 Å². The van der Waals surface area contributed by atoms with Gasteiger partial charge in [-0.05, 0) is 24.6 Å². The number of hydrogen-bond acceptors (Lipinski definition) is 2. The lowest BCUT2D eigenvalue weighted by Gasteiger charge is -1.99. The van der Waals surface area contributed by atoms with E-state index in [1.165, 1.54) is 5.56 Å². The highest BCUT2D eigenvalue weighted by atomic mass is 14.6. The van der Waals surface area contributed by atoms with Crippen molar-refractivity contribution >= 4 is 11.6 Å². The molecule has 0 aliphatic rings. The van der Waals surface area contributed by atoms with Crippen molar-refractivity contribution in [1.82, 2.24) is 4.98 Å². The Labute approximate surface area is 101 Å². The molecule has 0 aliphatic heterocycles. The summed E-state index contributed by atoms with van der Waals surface area (Å²) in [5.74, 6) is 0. The molecule has 82 valence electrons. The molecule has 1 heterocycles. The van der Waals surface area contributed by atoms with Crippen molar-refractivity contribution in [1.29, 1.82) is 5.26 Å². The van der Waals surface area contributed by atoms with Gasteiger partial charge in [0.1, 0.15) is 0 Å². The molecule has 0 saturated carbocycles. The lowest BCUT2D eigenvalue weighted by Crippen LogP contribution is -1.83. The average Bonchev–Trinajstić information content (AvgIpc) is 2.39. The Bertz CT molecular complexity index is 560. The molecule has 0 atom stereocenters. The largest absolute Gasteiger partial charge is 0.264 e. The second-order valence-corrected chi connectivity index (χ2v) is 3.82. The van der Waals surface area contributed by atoms with Crippen LogP contribution in [0.4, 0.5) is 0 Å². The smallest absolute Gasteiger partial charge is 0.0998 e. The number of benzene rings is 1. The summed E-state index contributed by atoms with van der Waals surface area (Å²) in [6.45, 7) is 2.04. The van der Waals surface area contributed by atoms with Gasteiger partial charge in [0.05, 0.1) is 11.6 Å². The third-order valence-electron chi connectivity index (χ3n) is 2.48. The molecule has 0 bridgehead atoms. The number of hydrogen-bond donors (Lipinski definition) is 0. The molecule has 17 heavy (non-hydrogen) atoms. The summed E-state index contributed by atoms with van der Waals surface area (Å²) in [7, 11) is 0. The summed E-state index contributed by atoms with van der Waals surface area (Å²) in [6, 6.07) is 14.0. The third kappa shape index (κ3) is 2.79. The Kier molecular flexibility index (Phi) is 3.32. The van der Waals surface area contributed by atoms with Crippen LogP contribution in [0.1, 0.15) is 16.7 Å². The van der Waals surface area contributed by atoms with Crippen molar-refractivity contribution in [2.45, 2.75) is 6.92 Å². The molecule has 2 nitrogen and oxygen atoms in total. The molecule has 0 unspecified atom stereocenters. The van der Waals surface area contributed by atoms with Crippen LogP contribution in [0.2, 0.25) is 0 Å². The molecule has 2 heteroatoms. The molecule has 2 aromatic rings. The number of nitrogens with zero attached hydrogens (tertiary/aromatic N) is 2. The number of aryl methyl sites for hydroxylation is 1. The summed E-state index contributed by atoms with van der Waals surface area (Å²) in [6.07, 6.45) is 5.27. The molecule has 0 aliphatic carbocycles. The van der Waals surface area contributed by atoms with Crippen LogP contribution < -0.4 is 0 Å². The summed E-state index contributed by atoms with van der Waals surface area (Å²) in [5.41, 5.74) is 3.70. The Hall–Kier alpha value is -2.40. The van der Waals surface area contributed by atoms with Crippen molar-refractivity contribution in [3.63, 3.8) is 0 Å². The fourth-order valence-electron chi connectivity index (χ4n) is 1.53. The summed E-state index contributed by atoms with van der Waals surface area (Å²) in [5, 5.41) is 9.15. The summed E-state index contributed by atoms with van der Waals surface area (Å²) >= 11 is 0. The van der Waals surface area contributed by atoms with Gasteiger partial charge < -0.3 is 0 Å². The first-order valence-electron chi connectivity index (χ1n) is 5.38. The van der Waals surface area contributed by atoms with Crippen molar-refractivity contribution < 1.29 is 0 Å². The van der Waals surface area contributed by atoms with Gasteiger partial charge in [-0.2, -0.15) is 5.26 Å². The first kappa shape index (κ1) is 11.1. The first-order valence-corrected chi connectivity index (χ1v) is 5.38. The van der Waals surface area contributed by atoms with E-state index in [2.05, 4.69) is 11.1 Å². The van der Waals surface area contributed by atoms with Crippen LogP contribution in [0, 0.1) is 18.3 Å². The summed E-state index contributed by atoms with van der Waals surface area (Å²) in [4.78, 5) is 4.02. The van der Waals surface area contributed by atoms with E-state index in [9.17, 15) is 0 Å². The highest BCUT2D eigenvalue weighted by Crippen LogP contribution is 2.16. The average molecular weight is 220 g/mol. The quantitative estimate of drug-likeness (QED) is 0.727. The SMILES string of the molecule is Cc1ccc(/C=C(\C#N)c2cccnc2)cc1. The molecular formula is C15H12N2.